The Labute approximate surface area is 190 Å². The van der Waals surface area contributed by atoms with Crippen LogP contribution in [0.15, 0.2) is 86.5 Å². The van der Waals surface area contributed by atoms with Gasteiger partial charge in [0, 0.05) is 34.7 Å². The summed E-state index contributed by atoms with van der Waals surface area (Å²) in [6, 6.07) is 22.8. The van der Waals surface area contributed by atoms with Gasteiger partial charge < -0.3 is 10.2 Å². The highest BCUT2D eigenvalue weighted by molar-refractivity contribution is 9.13. The molecule has 0 radical (unpaired) electrons. The van der Waals surface area contributed by atoms with Crippen LogP contribution in [0.5, 0.6) is 11.5 Å². The van der Waals surface area contributed by atoms with E-state index in [-0.39, 0.29) is 16.9 Å². The third-order valence-electron chi connectivity index (χ3n) is 5.10. The molecule has 0 unspecified atom stereocenters. The number of phenolic OH excluding ortho intramolecular Hbond substituents is 2. The van der Waals surface area contributed by atoms with Crippen LogP contribution in [0.3, 0.4) is 0 Å². The summed E-state index contributed by atoms with van der Waals surface area (Å²) >= 11 is 6.63. The van der Waals surface area contributed by atoms with Crippen molar-refractivity contribution in [2.24, 2.45) is 0 Å². The highest BCUT2D eigenvalue weighted by atomic mass is 79.9. The van der Waals surface area contributed by atoms with Gasteiger partial charge in [-0.15, -0.1) is 0 Å². The van der Waals surface area contributed by atoms with E-state index < -0.39 is 0 Å². The van der Waals surface area contributed by atoms with Gasteiger partial charge in [0.25, 0.3) is 0 Å². The number of fused-ring (bicyclic) bond motifs is 1. The molecule has 0 aliphatic rings. The Kier molecular flexibility index (Phi) is 5.93. The molecule has 0 aliphatic heterocycles. The van der Waals surface area contributed by atoms with Crippen molar-refractivity contribution >= 4 is 42.6 Å². The molecule has 3 nitrogen and oxygen atoms in total. The van der Waals surface area contributed by atoms with Gasteiger partial charge in [-0.05, 0) is 55.1 Å². The second kappa shape index (κ2) is 8.62. The largest absolute Gasteiger partial charge is 0.506 e. The van der Waals surface area contributed by atoms with Gasteiger partial charge in [0.05, 0.1) is 8.95 Å². The first-order valence-electron chi connectivity index (χ1n) is 9.42. The molecule has 0 aromatic heterocycles. The zero-order valence-corrected chi connectivity index (χ0v) is 19.1. The summed E-state index contributed by atoms with van der Waals surface area (Å²) in [7, 11) is 0. The van der Waals surface area contributed by atoms with Crippen LogP contribution >= 0.6 is 31.9 Å². The van der Waals surface area contributed by atoms with Crippen LogP contribution in [-0.4, -0.2) is 10.2 Å². The zero-order valence-electron chi connectivity index (χ0n) is 15.9. The standard InChI is InChI=1S/C25H18Br2O3/c26-21-22(27)25(30)20-14-18(12-16-9-5-2-6-10-16)23(28)17(13-19(20)24(21)29)11-15-7-3-1-4-8-15/h1-10,13-14,29-30H,11-12H2. The number of phenols is 2. The predicted molar refractivity (Wildman–Crippen MR) is 127 cm³/mol. The molecule has 30 heavy (non-hydrogen) atoms. The van der Waals surface area contributed by atoms with Crippen molar-refractivity contribution in [3.63, 3.8) is 0 Å². The summed E-state index contributed by atoms with van der Waals surface area (Å²) in [6.45, 7) is 0. The molecule has 0 spiro atoms. The molecular weight excluding hydrogens is 508 g/mol. The van der Waals surface area contributed by atoms with E-state index in [4.69, 9.17) is 0 Å². The molecule has 0 saturated heterocycles. The maximum Gasteiger partial charge on any atom is 0.185 e. The number of rotatable bonds is 4. The quantitative estimate of drug-likeness (QED) is 0.306. The van der Waals surface area contributed by atoms with Crippen molar-refractivity contribution in [2.45, 2.75) is 12.8 Å². The number of aromatic hydroxyl groups is 2. The smallest absolute Gasteiger partial charge is 0.185 e. The van der Waals surface area contributed by atoms with Gasteiger partial charge >= 0.3 is 0 Å². The van der Waals surface area contributed by atoms with Crippen LogP contribution in [0.25, 0.3) is 10.8 Å². The molecule has 0 bridgehead atoms. The molecule has 0 amide bonds. The minimum absolute atomic E-state index is 0.0229. The first-order chi connectivity index (χ1) is 14.5. The maximum atomic E-state index is 13.5. The molecule has 150 valence electrons. The second-order valence-corrected chi connectivity index (χ2v) is 8.73. The van der Waals surface area contributed by atoms with Gasteiger partial charge in [0.2, 0.25) is 0 Å². The Morgan fingerprint density at radius 1 is 0.633 bits per heavy atom. The second-order valence-electron chi connectivity index (χ2n) is 7.15. The molecule has 0 atom stereocenters. The minimum Gasteiger partial charge on any atom is -0.506 e. The predicted octanol–water partition coefficient (Wildman–Crippen LogP) is 6.32. The van der Waals surface area contributed by atoms with E-state index >= 15 is 0 Å². The molecule has 5 heteroatoms. The van der Waals surface area contributed by atoms with Crippen molar-refractivity contribution in [1.29, 1.82) is 0 Å². The van der Waals surface area contributed by atoms with E-state index in [1.807, 2.05) is 60.7 Å². The molecule has 0 heterocycles. The average molecular weight is 526 g/mol. The summed E-state index contributed by atoms with van der Waals surface area (Å²) in [4.78, 5) is 13.5. The van der Waals surface area contributed by atoms with E-state index in [1.54, 1.807) is 12.1 Å². The first-order valence-corrected chi connectivity index (χ1v) is 11.0. The van der Waals surface area contributed by atoms with Crippen LogP contribution in [0.2, 0.25) is 0 Å². The molecule has 2 N–H and O–H groups in total. The Balaban J connectivity index is 2.02. The normalized spacial score (nSPS) is 11.0. The van der Waals surface area contributed by atoms with Crippen molar-refractivity contribution in [3.05, 3.63) is 114 Å². The molecular formula is C25H18Br2O3. The van der Waals surface area contributed by atoms with Crippen LogP contribution < -0.4 is 5.43 Å². The van der Waals surface area contributed by atoms with Gasteiger partial charge in [-0.2, -0.15) is 0 Å². The maximum absolute atomic E-state index is 13.5. The van der Waals surface area contributed by atoms with E-state index in [2.05, 4.69) is 31.9 Å². The van der Waals surface area contributed by atoms with Gasteiger partial charge in [-0.3, -0.25) is 4.79 Å². The van der Waals surface area contributed by atoms with Gasteiger partial charge in [-0.1, -0.05) is 60.7 Å². The van der Waals surface area contributed by atoms with E-state index in [0.29, 0.717) is 43.7 Å². The molecule has 4 aromatic carbocycles. The SMILES string of the molecule is O=c1c(Cc2ccccc2)cc2c(O)c(Br)c(Br)c(O)c2cc1Cc1ccccc1. The van der Waals surface area contributed by atoms with Crippen LogP contribution in [-0.2, 0) is 12.8 Å². The van der Waals surface area contributed by atoms with Gasteiger partial charge in [0.1, 0.15) is 11.5 Å². The number of benzene rings is 3. The lowest BCUT2D eigenvalue weighted by Gasteiger charge is -2.07. The topological polar surface area (TPSA) is 57.5 Å². The molecule has 0 aliphatic carbocycles. The summed E-state index contributed by atoms with van der Waals surface area (Å²) in [6.07, 6.45) is 0.859. The highest BCUT2D eigenvalue weighted by Gasteiger charge is 2.18. The average Bonchev–Trinajstić information content (AvgIpc) is 2.90. The van der Waals surface area contributed by atoms with Crippen molar-refractivity contribution in [3.8, 4) is 11.5 Å². The van der Waals surface area contributed by atoms with E-state index in [9.17, 15) is 15.0 Å². The Morgan fingerprint density at radius 3 is 1.37 bits per heavy atom. The fourth-order valence-corrected chi connectivity index (χ4v) is 4.37. The highest BCUT2D eigenvalue weighted by Crippen LogP contribution is 2.45. The molecule has 4 rings (SSSR count). The van der Waals surface area contributed by atoms with Crippen molar-refractivity contribution in [2.75, 3.05) is 0 Å². The Bertz CT molecular complexity index is 1190. The number of halogens is 2. The third kappa shape index (κ3) is 4.00. The van der Waals surface area contributed by atoms with E-state index in [1.165, 1.54) is 0 Å². The molecule has 0 saturated carbocycles. The van der Waals surface area contributed by atoms with Crippen molar-refractivity contribution in [1.82, 2.24) is 0 Å². The third-order valence-corrected chi connectivity index (χ3v) is 7.18. The number of hydrogen-bond donors (Lipinski definition) is 2. The first kappa shape index (κ1) is 20.6. The van der Waals surface area contributed by atoms with Crippen molar-refractivity contribution < 1.29 is 10.2 Å². The van der Waals surface area contributed by atoms with Gasteiger partial charge in [-0.25, -0.2) is 0 Å². The lowest BCUT2D eigenvalue weighted by Crippen LogP contribution is -2.12. The summed E-state index contributed by atoms with van der Waals surface area (Å²) < 4.78 is 0.697. The molecule has 4 aromatic rings. The zero-order chi connectivity index (χ0) is 21.3. The fraction of sp³-hybridized carbons (Fsp3) is 0.0800. The van der Waals surface area contributed by atoms with Gasteiger partial charge in [0.15, 0.2) is 5.43 Å². The van der Waals surface area contributed by atoms with Crippen LogP contribution in [0.4, 0.5) is 0 Å². The van der Waals surface area contributed by atoms with Crippen LogP contribution in [0, 0.1) is 0 Å². The van der Waals surface area contributed by atoms with Crippen LogP contribution in [0.1, 0.15) is 22.3 Å². The lowest BCUT2D eigenvalue weighted by atomic mass is 10.0. The fourth-order valence-electron chi connectivity index (χ4n) is 3.57. The summed E-state index contributed by atoms with van der Waals surface area (Å²) in [5.41, 5.74) is 3.03. The monoisotopic (exact) mass is 524 g/mol. The Morgan fingerprint density at radius 2 is 1.00 bits per heavy atom. The lowest BCUT2D eigenvalue weighted by molar-refractivity contribution is 0.464. The molecule has 0 fully saturated rings. The minimum atomic E-state index is -0.0926. The number of hydrogen-bond acceptors (Lipinski definition) is 3. The van der Waals surface area contributed by atoms with E-state index in [0.717, 1.165) is 11.1 Å². The summed E-state index contributed by atoms with van der Waals surface area (Å²) in [5.74, 6) is -0.0458. The summed E-state index contributed by atoms with van der Waals surface area (Å²) in [5, 5.41) is 22.3. The Hall–Kier alpha value is -2.63.